The second-order valence-corrected chi connectivity index (χ2v) is 9.13. The van der Waals surface area contributed by atoms with Crippen LogP contribution in [0.3, 0.4) is 0 Å². The number of benzene rings is 3. The fraction of sp³-hybridized carbons (Fsp3) is 0.120. The number of ether oxygens (including phenoxy) is 1. The van der Waals surface area contributed by atoms with Crippen LogP contribution < -0.4 is 15.6 Å². The van der Waals surface area contributed by atoms with E-state index in [9.17, 15) is 23.2 Å². The van der Waals surface area contributed by atoms with E-state index in [1.54, 1.807) is 43.3 Å². The number of rotatable bonds is 5. The van der Waals surface area contributed by atoms with E-state index in [1.165, 1.54) is 6.07 Å². The van der Waals surface area contributed by atoms with Crippen molar-refractivity contribution >= 4 is 40.0 Å². The Labute approximate surface area is 201 Å². The zero-order chi connectivity index (χ0) is 24.7. The molecular weight excluding hydrogens is 476 g/mol. The van der Waals surface area contributed by atoms with Crippen molar-refractivity contribution < 1.29 is 23.1 Å². The number of ketones is 1. The Bertz CT molecular complexity index is 1570. The van der Waals surface area contributed by atoms with Crippen molar-refractivity contribution in [1.82, 2.24) is 9.55 Å². The number of amides is 1. The second kappa shape index (κ2) is 8.95. The van der Waals surface area contributed by atoms with Crippen molar-refractivity contribution in [1.29, 1.82) is 0 Å². The molecule has 5 rings (SSSR count). The molecule has 0 bridgehead atoms. The van der Waals surface area contributed by atoms with E-state index in [1.807, 2.05) is 0 Å². The number of thioether (sulfide) groups is 1. The number of halogens is 2. The molecule has 1 amide bonds. The highest BCUT2D eigenvalue weighted by Gasteiger charge is 2.24. The minimum atomic E-state index is -0.935. The van der Waals surface area contributed by atoms with Crippen molar-refractivity contribution in [3.63, 3.8) is 0 Å². The number of anilines is 1. The van der Waals surface area contributed by atoms with Crippen LogP contribution in [0.15, 0.2) is 70.6 Å². The largest absolute Gasteiger partial charge is 0.482 e. The van der Waals surface area contributed by atoms with Crippen LogP contribution in [0.5, 0.6) is 5.75 Å². The van der Waals surface area contributed by atoms with Crippen molar-refractivity contribution in [2.24, 2.45) is 0 Å². The molecule has 1 N–H and O–H groups in total. The molecular formula is C25H17F2N3O4S. The van der Waals surface area contributed by atoms with Gasteiger partial charge in [0.25, 0.3) is 11.5 Å². The summed E-state index contributed by atoms with van der Waals surface area (Å²) in [6, 6.07) is 14.2. The summed E-state index contributed by atoms with van der Waals surface area (Å²) in [7, 11) is 0. The van der Waals surface area contributed by atoms with Gasteiger partial charge in [-0.1, -0.05) is 23.9 Å². The number of nitrogens with zero attached hydrogens (tertiary/aromatic N) is 2. The summed E-state index contributed by atoms with van der Waals surface area (Å²) in [6.07, 6.45) is 0. The fourth-order valence-electron chi connectivity index (χ4n) is 3.75. The Morgan fingerprint density at radius 1 is 1.11 bits per heavy atom. The molecule has 0 radical (unpaired) electrons. The number of carbonyl (C=O) groups excluding carboxylic acids is 2. The van der Waals surface area contributed by atoms with Crippen LogP contribution >= 0.6 is 11.8 Å². The number of hydrogen-bond acceptors (Lipinski definition) is 6. The highest BCUT2D eigenvalue weighted by atomic mass is 32.2. The number of aromatic nitrogens is 2. The summed E-state index contributed by atoms with van der Waals surface area (Å²) in [5.41, 5.74) is 0.366. The van der Waals surface area contributed by atoms with Crippen molar-refractivity contribution in [3.05, 3.63) is 88.2 Å². The Morgan fingerprint density at radius 3 is 2.71 bits per heavy atom. The molecule has 3 aromatic carbocycles. The molecule has 0 spiro atoms. The van der Waals surface area contributed by atoms with E-state index < -0.39 is 22.4 Å². The number of fused-ring (bicyclic) bond motifs is 2. The van der Waals surface area contributed by atoms with E-state index in [0.717, 1.165) is 28.5 Å². The topological polar surface area (TPSA) is 90.3 Å². The Hall–Kier alpha value is -4.05. The first-order valence-corrected chi connectivity index (χ1v) is 11.4. The van der Waals surface area contributed by atoms with Gasteiger partial charge < -0.3 is 10.1 Å². The van der Waals surface area contributed by atoms with Gasteiger partial charge in [-0.3, -0.25) is 19.0 Å². The molecule has 0 aliphatic carbocycles. The van der Waals surface area contributed by atoms with Crippen LogP contribution in [0.25, 0.3) is 16.6 Å². The molecule has 2 heterocycles. The van der Waals surface area contributed by atoms with E-state index in [4.69, 9.17) is 4.74 Å². The van der Waals surface area contributed by atoms with Gasteiger partial charge in [0.2, 0.25) is 0 Å². The molecule has 35 heavy (non-hydrogen) atoms. The summed E-state index contributed by atoms with van der Waals surface area (Å²) in [4.78, 5) is 42.7. The molecule has 0 saturated heterocycles. The van der Waals surface area contributed by atoms with Crippen LogP contribution in [0.2, 0.25) is 0 Å². The summed E-state index contributed by atoms with van der Waals surface area (Å²) >= 11 is 0.971. The van der Waals surface area contributed by atoms with Crippen LogP contribution in [0, 0.1) is 11.6 Å². The van der Waals surface area contributed by atoms with Crippen molar-refractivity contribution in [3.8, 4) is 11.4 Å². The molecule has 1 aliphatic heterocycles. The highest BCUT2D eigenvalue weighted by Crippen LogP contribution is 2.32. The van der Waals surface area contributed by atoms with Gasteiger partial charge in [-0.15, -0.1) is 0 Å². The molecule has 1 atom stereocenters. The number of nitrogens with one attached hydrogen (secondary N) is 1. The van der Waals surface area contributed by atoms with Crippen LogP contribution in [-0.4, -0.2) is 33.1 Å². The Balaban J connectivity index is 1.55. The fourth-order valence-corrected chi connectivity index (χ4v) is 4.75. The molecule has 0 saturated carbocycles. The molecule has 0 fully saturated rings. The molecule has 4 aromatic rings. The molecule has 7 nitrogen and oxygen atoms in total. The highest BCUT2D eigenvalue weighted by molar-refractivity contribution is 8.00. The average molecular weight is 493 g/mol. The van der Waals surface area contributed by atoms with Crippen molar-refractivity contribution in [2.45, 2.75) is 17.3 Å². The number of hydrogen-bond donors (Lipinski definition) is 1. The first kappa shape index (κ1) is 22.7. The SMILES string of the molecule is CC(Sc1nc2ccccc2c(=O)n1-c1ccc(F)cc1F)C(=O)c1ccc2c(c1)NC(=O)CO2. The van der Waals surface area contributed by atoms with Gasteiger partial charge >= 0.3 is 0 Å². The smallest absolute Gasteiger partial charge is 0.266 e. The maximum atomic E-state index is 14.7. The second-order valence-electron chi connectivity index (χ2n) is 7.82. The first-order chi connectivity index (χ1) is 16.8. The predicted octanol–water partition coefficient (Wildman–Crippen LogP) is 4.36. The van der Waals surface area contributed by atoms with Crippen LogP contribution in [0.4, 0.5) is 14.5 Å². The lowest BCUT2D eigenvalue weighted by Gasteiger charge is -2.19. The van der Waals surface area contributed by atoms with Crippen LogP contribution in [-0.2, 0) is 4.79 Å². The third-order valence-corrected chi connectivity index (χ3v) is 6.50. The molecule has 10 heteroatoms. The van der Waals surface area contributed by atoms with Crippen molar-refractivity contribution in [2.75, 3.05) is 11.9 Å². The van der Waals surface area contributed by atoms with Gasteiger partial charge in [0, 0.05) is 11.6 Å². The molecule has 1 aromatic heterocycles. The van der Waals surface area contributed by atoms with E-state index in [2.05, 4.69) is 10.3 Å². The van der Waals surface area contributed by atoms with Gasteiger partial charge in [0.05, 0.1) is 27.5 Å². The lowest BCUT2D eigenvalue weighted by Crippen LogP contribution is -2.26. The predicted molar refractivity (Wildman–Crippen MR) is 127 cm³/mol. The standard InChI is InChI=1S/C25H17F2N3O4S/c1-13(23(32)14-6-9-21-19(10-14)28-22(31)12-34-21)35-25-29-18-5-3-2-4-16(18)24(33)30(25)20-8-7-15(26)11-17(20)27/h2-11,13H,12H2,1H3,(H,28,31). The maximum Gasteiger partial charge on any atom is 0.266 e. The average Bonchev–Trinajstić information content (AvgIpc) is 2.84. The van der Waals surface area contributed by atoms with E-state index in [0.29, 0.717) is 28.6 Å². The minimum absolute atomic E-state index is 0.0784. The minimum Gasteiger partial charge on any atom is -0.482 e. The van der Waals surface area contributed by atoms with E-state index >= 15 is 0 Å². The zero-order valence-electron chi connectivity index (χ0n) is 18.2. The maximum absolute atomic E-state index is 14.7. The van der Waals surface area contributed by atoms with E-state index in [-0.39, 0.29) is 34.5 Å². The van der Waals surface area contributed by atoms with Gasteiger partial charge in [-0.05, 0) is 49.4 Å². The number of para-hydroxylation sites is 1. The van der Waals surface area contributed by atoms with Gasteiger partial charge in [-0.2, -0.15) is 0 Å². The summed E-state index contributed by atoms with van der Waals surface area (Å²) in [5.74, 6) is -1.88. The lowest BCUT2D eigenvalue weighted by molar-refractivity contribution is -0.118. The molecule has 176 valence electrons. The zero-order valence-corrected chi connectivity index (χ0v) is 19.1. The third-order valence-electron chi connectivity index (χ3n) is 5.44. The quantitative estimate of drug-likeness (QED) is 0.253. The summed E-state index contributed by atoms with van der Waals surface area (Å²) < 4.78 is 34.6. The van der Waals surface area contributed by atoms with Gasteiger partial charge in [0.1, 0.15) is 17.4 Å². The van der Waals surface area contributed by atoms with Gasteiger partial charge in [0.15, 0.2) is 17.5 Å². The third kappa shape index (κ3) is 4.28. The van der Waals surface area contributed by atoms with Gasteiger partial charge in [-0.25, -0.2) is 13.8 Å². The molecule has 1 aliphatic rings. The number of Topliss-reactive ketones (excluding diaryl/α,β-unsaturated/α-hetero) is 1. The monoisotopic (exact) mass is 493 g/mol. The normalized spacial score (nSPS) is 13.6. The lowest BCUT2D eigenvalue weighted by atomic mass is 10.1. The Morgan fingerprint density at radius 2 is 1.91 bits per heavy atom. The summed E-state index contributed by atoms with van der Waals surface area (Å²) in [6.45, 7) is 1.53. The Kier molecular flexibility index (Phi) is 5.81. The molecule has 1 unspecified atom stereocenters. The first-order valence-electron chi connectivity index (χ1n) is 10.6. The number of carbonyl (C=O) groups is 2. The van der Waals surface area contributed by atoms with Crippen LogP contribution in [0.1, 0.15) is 17.3 Å². The summed E-state index contributed by atoms with van der Waals surface area (Å²) in [5, 5.41) is 2.25.